The zero-order valence-electron chi connectivity index (χ0n) is 19.1. The molecule has 2 aromatic carbocycles. The van der Waals surface area contributed by atoms with Crippen LogP contribution in [0.5, 0.6) is 5.75 Å². The van der Waals surface area contributed by atoms with Crippen LogP contribution in [0.3, 0.4) is 0 Å². The number of para-hydroxylation sites is 1. The zero-order valence-corrected chi connectivity index (χ0v) is 19.9. The van der Waals surface area contributed by atoms with Crippen LogP contribution in [-0.4, -0.2) is 32.3 Å². The van der Waals surface area contributed by atoms with Crippen molar-refractivity contribution in [3.8, 4) is 5.75 Å². The molecule has 0 aliphatic rings. The molecule has 2 N–H and O–H groups in total. The first-order valence-corrected chi connectivity index (χ1v) is 11.8. The number of nitrogens with one attached hydrogen (secondary N) is 2. The maximum atomic E-state index is 12.5. The summed E-state index contributed by atoms with van der Waals surface area (Å²) in [4.78, 5) is 23.7. The minimum Gasteiger partial charge on any atom is -0.486 e. The topological polar surface area (TPSA) is 98.1 Å². The number of thioether (sulfide) groups is 1. The van der Waals surface area contributed by atoms with E-state index in [1.807, 2.05) is 34.9 Å². The average Bonchev–Trinajstić information content (AvgIpc) is 3.17. The monoisotopic (exact) mass is 467 g/mol. The Morgan fingerprint density at radius 2 is 1.76 bits per heavy atom. The van der Waals surface area contributed by atoms with Gasteiger partial charge in [-0.1, -0.05) is 49.9 Å². The third-order valence-corrected chi connectivity index (χ3v) is 5.60. The first kappa shape index (κ1) is 24.3. The molecule has 2 amide bonds. The number of hydrogen-bond acceptors (Lipinski definition) is 6. The van der Waals surface area contributed by atoms with Crippen LogP contribution in [0, 0.1) is 5.92 Å². The van der Waals surface area contributed by atoms with E-state index in [9.17, 15) is 9.59 Å². The lowest BCUT2D eigenvalue weighted by molar-refractivity contribution is -0.114. The molecule has 0 radical (unpaired) electrons. The molecule has 9 heteroatoms. The number of aromatic nitrogens is 3. The lowest BCUT2D eigenvalue weighted by atomic mass is 10.1. The van der Waals surface area contributed by atoms with Gasteiger partial charge in [-0.05, 0) is 42.7 Å². The summed E-state index contributed by atoms with van der Waals surface area (Å²) in [6, 6.07) is 16.6. The molecule has 0 aliphatic carbocycles. The van der Waals surface area contributed by atoms with Crippen molar-refractivity contribution >= 4 is 35.0 Å². The molecule has 1 heterocycles. The van der Waals surface area contributed by atoms with Gasteiger partial charge in [-0.2, -0.15) is 0 Å². The van der Waals surface area contributed by atoms with Gasteiger partial charge in [0.05, 0.1) is 5.75 Å². The highest BCUT2D eigenvalue weighted by molar-refractivity contribution is 7.99. The quantitative estimate of drug-likeness (QED) is 0.400. The number of ether oxygens (including phenoxy) is 1. The molecule has 33 heavy (non-hydrogen) atoms. The molecule has 0 saturated heterocycles. The largest absolute Gasteiger partial charge is 0.486 e. The average molecular weight is 468 g/mol. The molecule has 0 aliphatic heterocycles. The van der Waals surface area contributed by atoms with Crippen molar-refractivity contribution in [1.82, 2.24) is 14.8 Å². The number of rotatable bonds is 11. The molecule has 0 saturated carbocycles. The van der Waals surface area contributed by atoms with Crippen molar-refractivity contribution in [2.45, 2.75) is 45.5 Å². The van der Waals surface area contributed by atoms with E-state index in [2.05, 4.69) is 34.7 Å². The molecule has 0 atom stereocenters. The van der Waals surface area contributed by atoms with Crippen LogP contribution in [0.4, 0.5) is 11.4 Å². The van der Waals surface area contributed by atoms with Gasteiger partial charge in [-0.3, -0.25) is 9.59 Å². The SMILES string of the molecule is CC(=O)Nc1cccc(NC(=O)CSc2nnc(COc3ccccc3)n2CCC(C)C)c1. The Hall–Kier alpha value is -3.33. The summed E-state index contributed by atoms with van der Waals surface area (Å²) < 4.78 is 7.88. The maximum absolute atomic E-state index is 12.5. The van der Waals surface area contributed by atoms with Crippen molar-refractivity contribution < 1.29 is 14.3 Å². The third-order valence-electron chi connectivity index (χ3n) is 4.63. The number of carbonyl (C=O) groups is 2. The second-order valence-electron chi connectivity index (χ2n) is 7.93. The first-order chi connectivity index (χ1) is 15.9. The summed E-state index contributed by atoms with van der Waals surface area (Å²) in [6.07, 6.45) is 0.964. The molecule has 8 nitrogen and oxygen atoms in total. The molecule has 0 bridgehead atoms. The predicted octanol–water partition coefficient (Wildman–Crippen LogP) is 4.59. The molecule has 174 valence electrons. The van der Waals surface area contributed by atoms with Crippen molar-refractivity contribution in [3.63, 3.8) is 0 Å². The van der Waals surface area contributed by atoms with Crippen LogP contribution < -0.4 is 15.4 Å². The highest BCUT2D eigenvalue weighted by atomic mass is 32.2. The van der Waals surface area contributed by atoms with Gasteiger partial charge in [0.15, 0.2) is 11.0 Å². The zero-order chi connectivity index (χ0) is 23.6. The fourth-order valence-corrected chi connectivity index (χ4v) is 3.80. The Labute approximate surface area is 198 Å². The fourth-order valence-electron chi connectivity index (χ4n) is 3.01. The van der Waals surface area contributed by atoms with E-state index in [-0.39, 0.29) is 17.6 Å². The summed E-state index contributed by atoms with van der Waals surface area (Å²) in [5, 5.41) is 14.9. The standard InChI is InChI=1S/C24H29N5O3S/c1-17(2)12-13-29-22(15-32-21-10-5-4-6-11-21)27-28-24(29)33-16-23(31)26-20-9-7-8-19(14-20)25-18(3)30/h4-11,14,17H,12-13,15-16H2,1-3H3,(H,25,30)(H,26,31). The van der Waals surface area contributed by atoms with Gasteiger partial charge in [-0.15, -0.1) is 10.2 Å². The van der Waals surface area contributed by atoms with E-state index in [0.717, 1.165) is 24.5 Å². The fraction of sp³-hybridized carbons (Fsp3) is 0.333. The second-order valence-corrected chi connectivity index (χ2v) is 8.88. The minimum atomic E-state index is -0.166. The molecule has 3 aromatic rings. The van der Waals surface area contributed by atoms with E-state index in [1.54, 1.807) is 24.3 Å². The number of amides is 2. The van der Waals surface area contributed by atoms with Crippen LogP contribution in [0.25, 0.3) is 0 Å². The summed E-state index contributed by atoms with van der Waals surface area (Å²) in [7, 11) is 0. The second kappa shape index (κ2) is 12.1. The number of nitrogens with zero attached hydrogens (tertiary/aromatic N) is 3. The summed E-state index contributed by atoms with van der Waals surface area (Å²) in [5.74, 6) is 1.87. The molecule has 1 aromatic heterocycles. The lowest BCUT2D eigenvalue weighted by Gasteiger charge is -2.12. The maximum Gasteiger partial charge on any atom is 0.234 e. The Morgan fingerprint density at radius 1 is 1.03 bits per heavy atom. The van der Waals surface area contributed by atoms with Crippen molar-refractivity contribution in [2.24, 2.45) is 5.92 Å². The highest BCUT2D eigenvalue weighted by Gasteiger charge is 2.15. The number of carbonyl (C=O) groups excluding carboxylic acids is 2. The van der Waals surface area contributed by atoms with Crippen LogP contribution in [-0.2, 0) is 22.7 Å². The molecule has 0 unspecified atom stereocenters. The van der Waals surface area contributed by atoms with E-state index in [4.69, 9.17) is 4.74 Å². The van der Waals surface area contributed by atoms with Gasteiger partial charge in [-0.25, -0.2) is 0 Å². The number of hydrogen-bond donors (Lipinski definition) is 2. The summed E-state index contributed by atoms with van der Waals surface area (Å²) in [6.45, 7) is 6.83. The van der Waals surface area contributed by atoms with E-state index in [1.165, 1.54) is 18.7 Å². The van der Waals surface area contributed by atoms with Crippen molar-refractivity contribution in [3.05, 3.63) is 60.4 Å². The van der Waals surface area contributed by atoms with Crippen LogP contribution in [0.1, 0.15) is 33.0 Å². The van der Waals surface area contributed by atoms with E-state index in [0.29, 0.717) is 29.1 Å². The third kappa shape index (κ3) is 7.94. The highest BCUT2D eigenvalue weighted by Crippen LogP contribution is 2.21. The lowest BCUT2D eigenvalue weighted by Crippen LogP contribution is -2.15. The van der Waals surface area contributed by atoms with Crippen LogP contribution in [0.2, 0.25) is 0 Å². The number of benzene rings is 2. The Balaban J connectivity index is 1.62. The van der Waals surface area contributed by atoms with Gasteiger partial charge in [0.25, 0.3) is 0 Å². The minimum absolute atomic E-state index is 0.165. The van der Waals surface area contributed by atoms with Gasteiger partial charge in [0.1, 0.15) is 12.4 Å². The molecule has 3 rings (SSSR count). The normalized spacial score (nSPS) is 10.8. The summed E-state index contributed by atoms with van der Waals surface area (Å²) in [5.41, 5.74) is 1.24. The van der Waals surface area contributed by atoms with Gasteiger partial charge < -0.3 is 19.9 Å². The molecular formula is C24H29N5O3S. The Morgan fingerprint density at radius 3 is 2.45 bits per heavy atom. The molecular weight excluding hydrogens is 438 g/mol. The van der Waals surface area contributed by atoms with E-state index < -0.39 is 0 Å². The van der Waals surface area contributed by atoms with Gasteiger partial charge in [0.2, 0.25) is 11.8 Å². The van der Waals surface area contributed by atoms with Gasteiger partial charge >= 0.3 is 0 Å². The van der Waals surface area contributed by atoms with Crippen LogP contribution >= 0.6 is 11.8 Å². The molecule has 0 fully saturated rings. The first-order valence-electron chi connectivity index (χ1n) is 10.8. The predicted molar refractivity (Wildman–Crippen MR) is 130 cm³/mol. The molecule has 0 spiro atoms. The Bertz CT molecular complexity index is 1070. The van der Waals surface area contributed by atoms with Crippen molar-refractivity contribution in [1.29, 1.82) is 0 Å². The van der Waals surface area contributed by atoms with Crippen LogP contribution in [0.15, 0.2) is 59.8 Å². The van der Waals surface area contributed by atoms with Gasteiger partial charge in [0, 0.05) is 24.8 Å². The Kier molecular flexibility index (Phi) is 8.88. The summed E-state index contributed by atoms with van der Waals surface area (Å²) >= 11 is 1.34. The van der Waals surface area contributed by atoms with E-state index >= 15 is 0 Å². The smallest absolute Gasteiger partial charge is 0.234 e. The number of anilines is 2. The van der Waals surface area contributed by atoms with Crippen molar-refractivity contribution in [2.75, 3.05) is 16.4 Å².